The lowest BCUT2D eigenvalue weighted by atomic mass is 10.0. The van der Waals surface area contributed by atoms with Gasteiger partial charge in [-0.2, -0.15) is 0 Å². The first-order chi connectivity index (χ1) is 11.6. The van der Waals surface area contributed by atoms with E-state index in [9.17, 15) is 4.79 Å². The Hall–Kier alpha value is -2.02. The molecule has 1 aromatic heterocycles. The summed E-state index contributed by atoms with van der Waals surface area (Å²) in [6.45, 7) is 4.43. The van der Waals surface area contributed by atoms with Gasteiger partial charge in [0.2, 0.25) is 5.91 Å². The predicted octanol–water partition coefficient (Wildman–Crippen LogP) is 1.86. The number of rotatable bonds is 6. The molecule has 0 fully saturated rings. The molecule has 0 aliphatic carbocycles. The first-order valence-electron chi connectivity index (χ1n) is 8.26. The van der Waals surface area contributed by atoms with Crippen molar-refractivity contribution in [3.63, 3.8) is 0 Å². The number of carbonyl (C=O) groups is 1. The third-order valence-corrected chi connectivity index (χ3v) is 5.36. The van der Waals surface area contributed by atoms with Crippen molar-refractivity contribution in [3.05, 3.63) is 36.2 Å². The average Bonchev–Trinajstić information content (AvgIpc) is 3.00. The van der Waals surface area contributed by atoms with Gasteiger partial charge in [0, 0.05) is 32.4 Å². The van der Waals surface area contributed by atoms with Gasteiger partial charge in [0.15, 0.2) is 5.16 Å². The maximum atomic E-state index is 12.3. The van der Waals surface area contributed by atoms with E-state index in [0.29, 0.717) is 6.54 Å². The lowest BCUT2D eigenvalue weighted by Gasteiger charge is -2.31. The van der Waals surface area contributed by atoms with Crippen LogP contribution in [0.2, 0.25) is 0 Å². The van der Waals surface area contributed by atoms with Crippen LogP contribution in [0.25, 0.3) is 0 Å². The molecule has 128 valence electrons. The van der Waals surface area contributed by atoms with Crippen LogP contribution in [0, 0.1) is 0 Å². The van der Waals surface area contributed by atoms with Crippen molar-refractivity contribution in [2.45, 2.75) is 30.2 Å². The Morgan fingerprint density at radius 1 is 1.42 bits per heavy atom. The van der Waals surface area contributed by atoms with Crippen molar-refractivity contribution in [3.8, 4) is 0 Å². The zero-order chi connectivity index (χ0) is 16.9. The average molecular weight is 345 g/mol. The number of hydrogen-bond acceptors (Lipinski definition) is 5. The Labute approximate surface area is 146 Å². The van der Waals surface area contributed by atoms with Crippen molar-refractivity contribution in [2.75, 3.05) is 24.5 Å². The van der Waals surface area contributed by atoms with E-state index in [2.05, 4.69) is 44.7 Å². The molecular formula is C17H23N5OS. The molecule has 1 aliphatic rings. The van der Waals surface area contributed by atoms with Gasteiger partial charge in [-0.1, -0.05) is 30.0 Å². The van der Waals surface area contributed by atoms with Crippen molar-refractivity contribution in [1.29, 1.82) is 0 Å². The van der Waals surface area contributed by atoms with Gasteiger partial charge in [-0.15, -0.1) is 10.2 Å². The third kappa shape index (κ3) is 3.90. The molecule has 1 aliphatic heterocycles. The first-order valence-corrected chi connectivity index (χ1v) is 9.14. The van der Waals surface area contributed by atoms with Gasteiger partial charge in [0.05, 0.1) is 5.25 Å². The van der Waals surface area contributed by atoms with E-state index in [0.717, 1.165) is 24.7 Å². The number of nitrogens with zero attached hydrogens (tertiary/aromatic N) is 4. The van der Waals surface area contributed by atoms with Crippen molar-refractivity contribution in [2.24, 2.45) is 7.05 Å². The second-order valence-electron chi connectivity index (χ2n) is 5.99. The molecule has 0 unspecified atom stereocenters. The Balaban J connectivity index is 1.48. The summed E-state index contributed by atoms with van der Waals surface area (Å²) in [5.41, 5.74) is 2.71. The molecule has 2 aromatic rings. The number of nitrogens with one attached hydrogen (secondary N) is 1. The number of anilines is 1. The van der Waals surface area contributed by atoms with Gasteiger partial charge >= 0.3 is 0 Å². The fraction of sp³-hybridized carbons (Fsp3) is 0.471. The van der Waals surface area contributed by atoms with Gasteiger partial charge in [-0.05, 0) is 31.4 Å². The summed E-state index contributed by atoms with van der Waals surface area (Å²) in [5, 5.41) is 11.4. The summed E-state index contributed by atoms with van der Waals surface area (Å²) in [6.07, 6.45) is 3.95. The van der Waals surface area contributed by atoms with Crippen molar-refractivity contribution < 1.29 is 4.79 Å². The summed E-state index contributed by atoms with van der Waals surface area (Å²) in [5.74, 6) is 0.0355. The van der Waals surface area contributed by atoms with Crippen LogP contribution in [0.3, 0.4) is 0 Å². The normalized spacial score (nSPS) is 15.0. The smallest absolute Gasteiger partial charge is 0.233 e. The minimum Gasteiger partial charge on any atom is -0.370 e. The van der Waals surface area contributed by atoms with E-state index in [1.807, 2.05) is 18.5 Å². The minimum atomic E-state index is -0.193. The molecule has 1 atom stereocenters. The summed E-state index contributed by atoms with van der Waals surface area (Å²) in [4.78, 5) is 14.6. The molecule has 0 spiro atoms. The van der Waals surface area contributed by atoms with Crippen LogP contribution in [-0.2, 0) is 18.3 Å². The highest BCUT2D eigenvalue weighted by Crippen LogP contribution is 2.26. The summed E-state index contributed by atoms with van der Waals surface area (Å²) in [7, 11) is 1.88. The molecule has 1 amide bonds. The number of hydrogen-bond donors (Lipinski definition) is 1. The predicted molar refractivity (Wildman–Crippen MR) is 96.3 cm³/mol. The fourth-order valence-electron chi connectivity index (χ4n) is 2.89. The molecule has 1 N–H and O–H groups in total. The Bertz CT molecular complexity index is 702. The Morgan fingerprint density at radius 3 is 3.04 bits per heavy atom. The fourth-order valence-corrected chi connectivity index (χ4v) is 3.71. The van der Waals surface area contributed by atoms with Gasteiger partial charge in [-0.3, -0.25) is 4.79 Å². The van der Waals surface area contributed by atoms with Crippen molar-refractivity contribution >= 4 is 23.4 Å². The topological polar surface area (TPSA) is 63.1 Å². The monoisotopic (exact) mass is 345 g/mol. The number of amides is 1. The summed E-state index contributed by atoms with van der Waals surface area (Å²) < 4.78 is 1.82. The first kappa shape index (κ1) is 16.8. The van der Waals surface area contributed by atoms with E-state index >= 15 is 0 Å². The van der Waals surface area contributed by atoms with Crippen LogP contribution in [0.5, 0.6) is 0 Å². The third-order valence-electron chi connectivity index (χ3n) is 4.21. The van der Waals surface area contributed by atoms with Crippen LogP contribution < -0.4 is 10.2 Å². The van der Waals surface area contributed by atoms with E-state index in [-0.39, 0.29) is 11.2 Å². The van der Waals surface area contributed by atoms with Gasteiger partial charge in [0.1, 0.15) is 6.33 Å². The molecule has 0 saturated carbocycles. The second-order valence-corrected chi connectivity index (χ2v) is 7.30. The lowest BCUT2D eigenvalue weighted by molar-refractivity contribution is -0.120. The number of aromatic nitrogens is 3. The number of fused-ring (bicyclic) bond motifs is 1. The van der Waals surface area contributed by atoms with Crippen LogP contribution in [0.1, 0.15) is 18.9 Å². The molecule has 3 rings (SSSR count). The van der Waals surface area contributed by atoms with Gasteiger partial charge in [-0.25, -0.2) is 0 Å². The van der Waals surface area contributed by atoms with Crippen molar-refractivity contribution in [1.82, 2.24) is 20.1 Å². The highest BCUT2D eigenvalue weighted by molar-refractivity contribution is 8.00. The highest BCUT2D eigenvalue weighted by Gasteiger charge is 2.18. The molecule has 1 aromatic carbocycles. The van der Waals surface area contributed by atoms with Gasteiger partial charge in [0.25, 0.3) is 0 Å². The Kier molecular flexibility index (Phi) is 5.40. The van der Waals surface area contributed by atoms with E-state index in [4.69, 9.17) is 0 Å². The van der Waals surface area contributed by atoms with E-state index in [1.165, 1.54) is 29.4 Å². The summed E-state index contributed by atoms with van der Waals surface area (Å²) in [6, 6.07) is 8.54. The van der Waals surface area contributed by atoms with Crippen LogP contribution >= 0.6 is 11.8 Å². The number of carbonyl (C=O) groups excluding carboxylic acids is 1. The van der Waals surface area contributed by atoms with E-state index in [1.54, 1.807) is 6.33 Å². The maximum Gasteiger partial charge on any atom is 0.233 e. The SMILES string of the molecule is C[C@@H](Sc1nncn1C)C(=O)NCCN1CCCc2ccccc21. The molecule has 6 nitrogen and oxygen atoms in total. The second kappa shape index (κ2) is 7.70. The van der Waals surface area contributed by atoms with Gasteiger partial charge < -0.3 is 14.8 Å². The number of para-hydroxylation sites is 1. The van der Waals surface area contributed by atoms with Crippen LogP contribution in [0.4, 0.5) is 5.69 Å². The molecule has 0 saturated heterocycles. The van der Waals surface area contributed by atoms with E-state index < -0.39 is 0 Å². The zero-order valence-electron chi connectivity index (χ0n) is 14.1. The quantitative estimate of drug-likeness (QED) is 0.810. The summed E-state index contributed by atoms with van der Waals surface area (Å²) >= 11 is 1.42. The highest BCUT2D eigenvalue weighted by atomic mass is 32.2. The molecular weight excluding hydrogens is 322 g/mol. The minimum absolute atomic E-state index is 0.0355. The number of aryl methyl sites for hydroxylation is 2. The standard InChI is InChI=1S/C17H23N5OS/c1-13(24-17-20-19-12-21(17)2)16(23)18-9-11-22-10-5-7-14-6-3-4-8-15(14)22/h3-4,6,8,12-13H,5,7,9-11H2,1-2H3,(H,18,23)/t13-/m1/s1. The molecule has 0 radical (unpaired) electrons. The van der Waals surface area contributed by atoms with Crippen LogP contribution in [-0.4, -0.2) is 45.6 Å². The number of benzene rings is 1. The molecule has 7 heteroatoms. The Morgan fingerprint density at radius 2 is 2.25 bits per heavy atom. The molecule has 2 heterocycles. The largest absolute Gasteiger partial charge is 0.370 e. The number of thioether (sulfide) groups is 1. The van der Waals surface area contributed by atoms with Crippen LogP contribution in [0.15, 0.2) is 35.7 Å². The molecule has 24 heavy (non-hydrogen) atoms. The zero-order valence-corrected chi connectivity index (χ0v) is 14.9. The maximum absolute atomic E-state index is 12.3. The lowest BCUT2D eigenvalue weighted by Crippen LogP contribution is -2.39. The molecule has 0 bridgehead atoms.